The standard InChI is InChI=1S/C14H22N2O4/c1-18-5-6-19-7-8-20-11-14(17)16-13-4-2-3-12(9-13)10-15/h2-4,9H,5-8,10-11,15H2,1H3,(H,16,17). The van der Waals surface area contributed by atoms with Gasteiger partial charge in [-0.2, -0.15) is 0 Å². The molecule has 6 heteroatoms. The highest BCUT2D eigenvalue weighted by Crippen LogP contribution is 2.09. The van der Waals surface area contributed by atoms with Crippen LogP contribution in [0.3, 0.4) is 0 Å². The van der Waals surface area contributed by atoms with E-state index in [4.69, 9.17) is 19.9 Å². The monoisotopic (exact) mass is 282 g/mol. The molecule has 0 spiro atoms. The van der Waals surface area contributed by atoms with Gasteiger partial charge < -0.3 is 25.3 Å². The molecule has 1 aromatic carbocycles. The van der Waals surface area contributed by atoms with E-state index in [2.05, 4.69) is 5.32 Å². The summed E-state index contributed by atoms with van der Waals surface area (Å²) in [6.45, 7) is 2.34. The van der Waals surface area contributed by atoms with Gasteiger partial charge in [0.1, 0.15) is 6.61 Å². The molecule has 0 bridgehead atoms. The zero-order valence-corrected chi connectivity index (χ0v) is 11.8. The number of anilines is 1. The van der Waals surface area contributed by atoms with E-state index in [0.717, 1.165) is 11.3 Å². The Morgan fingerprint density at radius 3 is 2.70 bits per heavy atom. The first kappa shape index (κ1) is 16.6. The summed E-state index contributed by atoms with van der Waals surface area (Å²) in [5.41, 5.74) is 7.23. The molecule has 0 heterocycles. The van der Waals surface area contributed by atoms with Crippen molar-refractivity contribution in [2.45, 2.75) is 6.54 Å². The van der Waals surface area contributed by atoms with Crippen molar-refractivity contribution >= 4 is 11.6 Å². The molecule has 1 aromatic rings. The summed E-state index contributed by atoms with van der Waals surface area (Å²) in [6.07, 6.45) is 0. The zero-order chi connectivity index (χ0) is 14.6. The molecule has 1 amide bonds. The number of carbonyl (C=O) groups excluding carboxylic acids is 1. The Morgan fingerprint density at radius 1 is 1.20 bits per heavy atom. The van der Waals surface area contributed by atoms with Crippen molar-refractivity contribution in [3.63, 3.8) is 0 Å². The van der Waals surface area contributed by atoms with E-state index >= 15 is 0 Å². The Labute approximate surface area is 119 Å². The summed E-state index contributed by atoms with van der Waals surface area (Å²) in [7, 11) is 1.61. The summed E-state index contributed by atoms with van der Waals surface area (Å²) in [4.78, 5) is 11.6. The van der Waals surface area contributed by atoms with Crippen LogP contribution in [0.25, 0.3) is 0 Å². The average molecular weight is 282 g/mol. The van der Waals surface area contributed by atoms with E-state index in [9.17, 15) is 4.79 Å². The van der Waals surface area contributed by atoms with Gasteiger partial charge in [-0.1, -0.05) is 12.1 Å². The highest BCUT2D eigenvalue weighted by atomic mass is 16.5. The molecule has 0 aliphatic carbocycles. The molecule has 0 saturated heterocycles. The summed E-state index contributed by atoms with van der Waals surface area (Å²) in [5.74, 6) is -0.198. The Morgan fingerprint density at radius 2 is 1.95 bits per heavy atom. The van der Waals surface area contributed by atoms with Crippen LogP contribution >= 0.6 is 0 Å². The van der Waals surface area contributed by atoms with Crippen molar-refractivity contribution in [1.29, 1.82) is 0 Å². The molecular formula is C14H22N2O4. The maximum atomic E-state index is 11.6. The molecule has 0 aliphatic heterocycles. The van der Waals surface area contributed by atoms with Crippen molar-refractivity contribution in [2.75, 3.05) is 45.5 Å². The first-order valence-electron chi connectivity index (χ1n) is 6.49. The van der Waals surface area contributed by atoms with Crippen molar-refractivity contribution in [1.82, 2.24) is 0 Å². The third-order valence-electron chi connectivity index (χ3n) is 2.48. The van der Waals surface area contributed by atoms with Crippen LogP contribution in [0, 0.1) is 0 Å². The lowest BCUT2D eigenvalue weighted by Crippen LogP contribution is -2.20. The number of benzene rings is 1. The van der Waals surface area contributed by atoms with Gasteiger partial charge in [0.2, 0.25) is 5.91 Å². The third-order valence-corrected chi connectivity index (χ3v) is 2.48. The Bertz CT molecular complexity index is 399. The van der Waals surface area contributed by atoms with Gasteiger partial charge in [0, 0.05) is 19.3 Å². The van der Waals surface area contributed by atoms with Crippen LogP contribution < -0.4 is 11.1 Å². The van der Waals surface area contributed by atoms with Crippen LogP contribution in [-0.4, -0.2) is 46.1 Å². The Kier molecular flexibility index (Phi) is 8.57. The van der Waals surface area contributed by atoms with Crippen LogP contribution in [0.5, 0.6) is 0 Å². The van der Waals surface area contributed by atoms with Gasteiger partial charge in [-0.25, -0.2) is 0 Å². The number of hydrogen-bond donors (Lipinski definition) is 2. The predicted octanol–water partition coefficient (Wildman–Crippen LogP) is 0.763. The molecule has 0 aromatic heterocycles. The largest absolute Gasteiger partial charge is 0.382 e. The lowest BCUT2D eigenvalue weighted by atomic mass is 10.2. The number of ether oxygens (including phenoxy) is 3. The Balaban J connectivity index is 2.13. The van der Waals surface area contributed by atoms with Gasteiger partial charge in [-0.3, -0.25) is 4.79 Å². The van der Waals surface area contributed by atoms with Gasteiger partial charge >= 0.3 is 0 Å². The van der Waals surface area contributed by atoms with E-state index in [1.54, 1.807) is 7.11 Å². The average Bonchev–Trinajstić information content (AvgIpc) is 2.46. The molecule has 112 valence electrons. The van der Waals surface area contributed by atoms with E-state index < -0.39 is 0 Å². The number of hydrogen-bond acceptors (Lipinski definition) is 5. The fourth-order valence-corrected chi connectivity index (χ4v) is 1.50. The molecule has 1 rings (SSSR count). The SMILES string of the molecule is COCCOCCOCC(=O)Nc1cccc(CN)c1. The smallest absolute Gasteiger partial charge is 0.250 e. The highest BCUT2D eigenvalue weighted by molar-refractivity contribution is 5.91. The number of amides is 1. The number of carbonyl (C=O) groups is 1. The molecular weight excluding hydrogens is 260 g/mol. The first-order chi connectivity index (χ1) is 9.76. The Hall–Kier alpha value is -1.47. The quantitative estimate of drug-likeness (QED) is 0.619. The first-order valence-corrected chi connectivity index (χ1v) is 6.49. The molecule has 20 heavy (non-hydrogen) atoms. The summed E-state index contributed by atoms with van der Waals surface area (Å²) < 4.78 is 15.2. The molecule has 0 radical (unpaired) electrons. The second kappa shape index (κ2) is 10.3. The van der Waals surface area contributed by atoms with Crippen LogP contribution in [0.1, 0.15) is 5.56 Å². The fraction of sp³-hybridized carbons (Fsp3) is 0.500. The molecule has 0 fully saturated rings. The van der Waals surface area contributed by atoms with Crippen molar-refractivity contribution in [3.8, 4) is 0 Å². The predicted molar refractivity (Wildman–Crippen MR) is 76.5 cm³/mol. The van der Waals surface area contributed by atoms with Crippen molar-refractivity contribution in [3.05, 3.63) is 29.8 Å². The van der Waals surface area contributed by atoms with Gasteiger partial charge in [0.25, 0.3) is 0 Å². The molecule has 0 atom stereocenters. The van der Waals surface area contributed by atoms with E-state index in [-0.39, 0.29) is 12.5 Å². The molecule has 0 unspecified atom stereocenters. The lowest BCUT2D eigenvalue weighted by Gasteiger charge is -2.08. The van der Waals surface area contributed by atoms with Gasteiger partial charge in [-0.15, -0.1) is 0 Å². The maximum absolute atomic E-state index is 11.6. The summed E-state index contributed by atoms with van der Waals surface area (Å²) >= 11 is 0. The highest BCUT2D eigenvalue weighted by Gasteiger charge is 2.02. The topological polar surface area (TPSA) is 82.8 Å². The van der Waals surface area contributed by atoms with Crippen LogP contribution in [-0.2, 0) is 25.5 Å². The van der Waals surface area contributed by atoms with Crippen molar-refractivity contribution < 1.29 is 19.0 Å². The minimum atomic E-state index is -0.198. The molecule has 0 aliphatic rings. The zero-order valence-electron chi connectivity index (χ0n) is 11.8. The van der Waals surface area contributed by atoms with E-state index in [0.29, 0.717) is 33.0 Å². The molecule has 6 nitrogen and oxygen atoms in total. The number of methoxy groups -OCH3 is 1. The van der Waals surface area contributed by atoms with Crippen LogP contribution in [0.2, 0.25) is 0 Å². The normalized spacial score (nSPS) is 10.5. The minimum absolute atomic E-state index is 0.000487. The minimum Gasteiger partial charge on any atom is -0.382 e. The number of rotatable bonds is 10. The van der Waals surface area contributed by atoms with E-state index in [1.807, 2.05) is 24.3 Å². The third kappa shape index (κ3) is 7.20. The van der Waals surface area contributed by atoms with Crippen LogP contribution in [0.4, 0.5) is 5.69 Å². The molecule has 3 N–H and O–H groups in total. The number of nitrogens with two attached hydrogens (primary N) is 1. The van der Waals surface area contributed by atoms with Gasteiger partial charge in [0.05, 0.1) is 26.4 Å². The molecule has 0 saturated carbocycles. The maximum Gasteiger partial charge on any atom is 0.250 e. The van der Waals surface area contributed by atoms with Crippen molar-refractivity contribution in [2.24, 2.45) is 5.73 Å². The lowest BCUT2D eigenvalue weighted by molar-refractivity contribution is -0.121. The summed E-state index contributed by atoms with van der Waals surface area (Å²) in [5, 5.41) is 2.75. The van der Waals surface area contributed by atoms with Gasteiger partial charge in [0.15, 0.2) is 0 Å². The second-order valence-electron chi connectivity index (χ2n) is 4.11. The summed E-state index contributed by atoms with van der Waals surface area (Å²) in [6, 6.07) is 7.41. The van der Waals surface area contributed by atoms with E-state index in [1.165, 1.54) is 0 Å². The number of nitrogens with one attached hydrogen (secondary N) is 1. The second-order valence-corrected chi connectivity index (χ2v) is 4.11. The van der Waals surface area contributed by atoms with Crippen LogP contribution in [0.15, 0.2) is 24.3 Å². The van der Waals surface area contributed by atoms with Gasteiger partial charge in [-0.05, 0) is 17.7 Å². The fourth-order valence-electron chi connectivity index (χ4n) is 1.50.